The molecule has 2 rings (SSSR count). The van der Waals surface area contributed by atoms with E-state index in [2.05, 4.69) is 0 Å². The molecule has 0 aliphatic rings. The molecule has 0 fully saturated rings. The number of nitrogens with zero attached hydrogens (tertiary/aromatic N) is 1. The second-order valence-electron chi connectivity index (χ2n) is 4.16. The Bertz CT molecular complexity index is 646. The van der Waals surface area contributed by atoms with E-state index in [-0.39, 0.29) is 5.91 Å². The first kappa shape index (κ1) is 14.5. The zero-order valence-corrected chi connectivity index (χ0v) is 11.5. The minimum absolute atomic E-state index is 0.302. The van der Waals surface area contributed by atoms with Crippen molar-refractivity contribution >= 4 is 23.2 Å². The van der Waals surface area contributed by atoms with E-state index in [0.29, 0.717) is 22.8 Å². The van der Waals surface area contributed by atoms with Gasteiger partial charge in [0.25, 0.3) is 5.91 Å². The Balaban J connectivity index is 2.36. The van der Waals surface area contributed by atoms with Gasteiger partial charge in [-0.05, 0) is 37.3 Å². The summed E-state index contributed by atoms with van der Waals surface area (Å²) in [4.78, 5) is 13.7. The van der Waals surface area contributed by atoms with Crippen LogP contribution in [0.2, 0.25) is 5.02 Å². The normalized spacial score (nSPS) is 10.4. The van der Waals surface area contributed by atoms with Crippen molar-refractivity contribution in [2.24, 2.45) is 0 Å². The van der Waals surface area contributed by atoms with Crippen molar-refractivity contribution in [1.29, 1.82) is 0 Å². The van der Waals surface area contributed by atoms with E-state index in [1.807, 2.05) is 0 Å². The summed E-state index contributed by atoms with van der Waals surface area (Å²) in [6.07, 6.45) is 0. The van der Waals surface area contributed by atoms with Crippen molar-refractivity contribution < 1.29 is 13.6 Å². The Hall–Kier alpha value is -1.94. The predicted octanol–water partition coefficient (Wildman–Crippen LogP) is 4.28. The molecule has 0 heterocycles. The Morgan fingerprint density at radius 3 is 2.50 bits per heavy atom. The molecule has 0 spiro atoms. The van der Waals surface area contributed by atoms with E-state index in [1.54, 1.807) is 25.1 Å². The lowest BCUT2D eigenvalue weighted by Crippen LogP contribution is -2.30. The van der Waals surface area contributed by atoms with Gasteiger partial charge in [-0.3, -0.25) is 4.79 Å². The van der Waals surface area contributed by atoms with E-state index >= 15 is 0 Å². The molecule has 104 valence electrons. The fourth-order valence-corrected chi connectivity index (χ4v) is 2.06. The molecule has 0 aliphatic carbocycles. The first-order valence-electron chi connectivity index (χ1n) is 6.05. The van der Waals surface area contributed by atoms with E-state index in [0.717, 1.165) is 12.1 Å². The highest BCUT2D eigenvalue weighted by atomic mass is 35.5. The second-order valence-corrected chi connectivity index (χ2v) is 4.59. The molecule has 20 heavy (non-hydrogen) atoms. The summed E-state index contributed by atoms with van der Waals surface area (Å²) in [7, 11) is 0. The predicted molar refractivity (Wildman–Crippen MR) is 75.2 cm³/mol. The molecule has 0 saturated carbocycles. The van der Waals surface area contributed by atoms with Crippen LogP contribution in [-0.4, -0.2) is 12.5 Å². The van der Waals surface area contributed by atoms with Gasteiger partial charge in [-0.15, -0.1) is 0 Å². The van der Waals surface area contributed by atoms with Gasteiger partial charge in [0, 0.05) is 28.9 Å². The highest BCUT2D eigenvalue weighted by Gasteiger charge is 2.17. The second kappa shape index (κ2) is 6.01. The Labute approximate surface area is 120 Å². The van der Waals surface area contributed by atoms with E-state index in [4.69, 9.17) is 11.6 Å². The highest BCUT2D eigenvalue weighted by Crippen LogP contribution is 2.21. The van der Waals surface area contributed by atoms with Gasteiger partial charge in [-0.25, -0.2) is 8.78 Å². The SMILES string of the molecule is CCN(C(=O)c1cccc(Cl)c1)c1ccc(F)c(F)c1. The molecular formula is C15H12ClF2NO. The number of amides is 1. The Morgan fingerprint density at radius 1 is 1.15 bits per heavy atom. The Morgan fingerprint density at radius 2 is 1.90 bits per heavy atom. The summed E-state index contributed by atoms with van der Waals surface area (Å²) in [6.45, 7) is 2.08. The van der Waals surface area contributed by atoms with Gasteiger partial charge in [0.2, 0.25) is 0 Å². The average molecular weight is 296 g/mol. The molecule has 0 atom stereocenters. The average Bonchev–Trinajstić information content (AvgIpc) is 2.43. The first-order chi connectivity index (χ1) is 9.52. The van der Waals surface area contributed by atoms with Gasteiger partial charge in [0.05, 0.1) is 0 Å². The molecule has 0 aromatic heterocycles. The number of carbonyl (C=O) groups is 1. The van der Waals surface area contributed by atoms with Crippen molar-refractivity contribution in [1.82, 2.24) is 0 Å². The summed E-state index contributed by atoms with van der Waals surface area (Å²) in [5.74, 6) is -2.25. The van der Waals surface area contributed by atoms with Crippen molar-refractivity contribution in [3.63, 3.8) is 0 Å². The number of hydrogen-bond donors (Lipinski definition) is 0. The smallest absolute Gasteiger partial charge is 0.258 e. The molecule has 0 saturated heterocycles. The zero-order valence-electron chi connectivity index (χ0n) is 10.7. The molecule has 0 bridgehead atoms. The number of halogens is 3. The van der Waals surface area contributed by atoms with Gasteiger partial charge >= 0.3 is 0 Å². The van der Waals surface area contributed by atoms with Crippen LogP contribution in [0.4, 0.5) is 14.5 Å². The number of benzene rings is 2. The summed E-state index contributed by atoms with van der Waals surface area (Å²) in [6, 6.07) is 9.84. The fourth-order valence-electron chi connectivity index (χ4n) is 1.87. The van der Waals surface area contributed by atoms with Crippen LogP contribution >= 0.6 is 11.6 Å². The van der Waals surface area contributed by atoms with Gasteiger partial charge in [-0.1, -0.05) is 17.7 Å². The van der Waals surface area contributed by atoms with Gasteiger partial charge in [-0.2, -0.15) is 0 Å². The zero-order chi connectivity index (χ0) is 14.7. The quantitative estimate of drug-likeness (QED) is 0.827. The van der Waals surface area contributed by atoms with E-state index in [1.165, 1.54) is 17.0 Å². The van der Waals surface area contributed by atoms with Crippen molar-refractivity contribution in [3.8, 4) is 0 Å². The van der Waals surface area contributed by atoms with Crippen LogP contribution < -0.4 is 4.90 Å². The molecule has 0 N–H and O–H groups in total. The van der Waals surface area contributed by atoms with Gasteiger partial charge in [0.15, 0.2) is 11.6 Å². The maximum Gasteiger partial charge on any atom is 0.258 e. The molecule has 5 heteroatoms. The lowest BCUT2D eigenvalue weighted by molar-refractivity contribution is 0.0988. The topological polar surface area (TPSA) is 20.3 Å². The maximum atomic E-state index is 13.3. The number of hydrogen-bond acceptors (Lipinski definition) is 1. The van der Waals surface area contributed by atoms with Gasteiger partial charge in [0.1, 0.15) is 0 Å². The Kier molecular flexibility index (Phi) is 4.35. The van der Waals surface area contributed by atoms with Crippen LogP contribution in [0.25, 0.3) is 0 Å². The largest absolute Gasteiger partial charge is 0.309 e. The summed E-state index contributed by atoms with van der Waals surface area (Å²) in [5.41, 5.74) is 0.695. The number of carbonyl (C=O) groups excluding carboxylic acids is 1. The standard InChI is InChI=1S/C15H12ClF2NO/c1-2-19(12-6-7-13(17)14(18)9-12)15(20)10-4-3-5-11(16)8-10/h3-9H,2H2,1H3. The van der Waals surface area contributed by atoms with Crippen LogP contribution in [-0.2, 0) is 0 Å². The van der Waals surface area contributed by atoms with Crippen LogP contribution in [0.5, 0.6) is 0 Å². The third kappa shape index (κ3) is 2.96. The van der Waals surface area contributed by atoms with Crippen molar-refractivity contribution in [2.75, 3.05) is 11.4 Å². The summed E-state index contributed by atoms with van der Waals surface area (Å²) >= 11 is 5.85. The monoisotopic (exact) mass is 295 g/mol. The summed E-state index contributed by atoms with van der Waals surface area (Å²) < 4.78 is 26.2. The van der Waals surface area contributed by atoms with Crippen molar-refractivity contribution in [2.45, 2.75) is 6.92 Å². The van der Waals surface area contributed by atoms with E-state index < -0.39 is 11.6 Å². The lowest BCUT2D eigenvalue weighted by Gasteiger charge is -2.21. The molecular weight excluding hydrogens is 284 g/mol. The number of anilines is 1. The fraction of sp³-hybridized carbons (Fsp3) is 0.133. The third-order valence-electron chi connectivity index (χ3n) is 2.85. The molecule has 0 aliphatic heterocycles. The minimum Gasteiger partial charge on any atom is -0.309 e. The minimum atomic E-state index is -0.986. The molecule has 0 unspecified atom stereocenters. The van der Waals surface area contributed by atoms with Gasteiger partial charge < -0.3 is 4.90 Å². The summed E-state index contributed by atoms with van der Waals surface area (Å²) in [5, 5.41) is 0.442. The third-order valence-corrected chi connectivity index (χ3v) is 3.08. The van der Waals surface area contributed by atoms with Crippen molar-refractivity contribution in [3.05, 3.63) is 64.7 Å². The van der Waals surface area contributed by atoms with E-state index in [9.17, 15) is 13.6 Å². The molecule has 2 nitrogen and oxygen atoms in total. The molecule has 0 radical (unpaired) electrons. The highest BCUT2D eigenvalue weighted by molar-refractivity contribution is 6.31. The van der Waals surface area contributed by atoms with Crippen LogP contribution in [0.3, 0.4) is 0 Å². The van der Waals surface area contributed by atoms with Crippen LogP contribution in [0.1, 0.15) is 17.3 Å². The molecule has 2 aromatic carbocycles. The number of rotatable bonds is 3. The maximum absolute atomic E-state index is 13.3. The molecule has 1 amide bonds. The van der Waals surface area contributed by atoms with Crippen LogP contribution in [0, 0.1) is 11.6 Å². The lowest BCUT2D eigenvalue weighted by atomic mass is 10.1. The first-order valence-corrected chi connectivity index (χ1v) is 6.43. The van der Waals surface area contributed by atoms with Crippen LogP contribution in [0.15, 0.2) is 42.5 Å². The molecule has 2 aromatic rings.